The summed E-state index contributed by atoms with van der Waals surface area (Å²) >= 11 is 0. The Morgan fingerprint density at radius 2 is 0.562 bits per heavy atom. The fourth-order valence-corrected chi connectivity index (χ4v) is 3.64. The molecule has 0 spiro atoms. The summed E-state index contributed by atoms with van der Waals surface area (Å²) in [5.41, 5.74) is 7.40. The minimum atomic E-state index is 1.22. The maximum absolute atomic E-state index is 3.78. The van der Waals surface area contributed by atoms with Gasteiger partial charge in [0, 0.05) is 12.4 Å². The van der Waals surface area contributed by atoms with Crippen LogP contribution in [-0.2, 0) is 0 Å². The van der Waals surface area contributed by atoms with Crippen molar-refractivity contribution in [2.24, 2.45) is 0 Å². The van der Waals surface area contributed by atoms with Crippen LogP contribution in [0.4, 0.5) is 0 Å². The van der Waals surface area contributed by atoms with Crippen molar-refractivity contribution in [3.05, 3.63) is 174 Å². The molecule has 0 aliphatic heterocycles. The maximum atomic E-state index is 3.78. The molecule has 1 heterocycles. The fourth-order valence-electron chi connectivity index (χ4n) is 3.64. The third-order valence-electron chi connectivity index (χ3n) is 5.07. The zero-order valence-corrected chi connectivity index (χ0v) is 17.9. The van der Waals surface area contributed by atoms with Gasteiger partial charge in [-0.25, -0.2) is 0 Å². The van der Waals surface area contributed by atoms with Gasteiger partial charge in [0.05, 0.1) is 0 Å². The molecular weight excluding hydrogens is 386 g/mol. The Morgan fingerprint density at radius 1 is 0.312 bits per heavy atom. The molecule has 0 amide bonds. The van der Waals surface area contributed by atoms with E-state index in [-0.39, 0.29) is 0 Å². The van der Waals surface area contributed by atoms with Crippen LogP contribution in [0.3, 0.4) is 0 Å². The lowest BCUT2D eigenvalue weighted by atomic mass is 9.86. The van der Waals surface area contributed by atoms with Gasteiger partial charge in [0.2, 0.25) is 0 Å². The number of pyridine rings is 1. The molecule has 0 radical (unpaired) electrons. The lowest BCUT2D eigenvalue weighted by Gasteiger charge is -2.18. The van der Waals surface area contributed by atoms with E-state index in [1.807, 2.05) is 18.2 Å². The molecule has 0 fully saturated rings. The van der Waals surface area contributed by atoms with Gasteiger partial charge in [0.15, 0.2) is 0 Å². The Balaban J connectivity index is 0.000000354. The second-order valence-corrected chi connectivity index (χ2v) is 7.24. The average Bonchev–Trinajstić information content (AvgIpc) is 2.90. The van der Waals surface area contributed by atoms with Crippen molar-refractivity contribution in [1.82, 2.24) is 4.98 Å². The van der Waals surface area contributed by atoms with Gasteiger partial charge in [-0.1, -0.05) is 127 Å². The van der Waals surface area contributed by atoms with E-state index in [0.29, 0.717) is 0 Å². The number of aromatic nitrogens is 1. The number of nitrogens with zero attached hydrogens (tertiary/aromatic N) is 1. The Bertz CT molecular complexity index is 1020. The van der Waals surface area contributed by atoms with Gasteiger partial charge in [-0.05, 0) is 45.5 Å². The average molecular weight is 412 g/mol. The highest BCUT2D eigenvalue weighted by molar-refractivity contribution is 6.04. The van der Waals surface area contributed by atoms with Gasteiger partial charge in [0.25, 0.3) is 0 Å². The SMILES string of the molecule is c1ccc(C(=C(c2ccccc2)c2ccccc2)c2ccccc2)cc1.c1ccncc1. The first kappa shape index (κ1) is 21.0. The minimum absolute atomic E-state index is 1.22. The van der Waals surface area contributed by atoms with Crippen LogP contribution in [0.1, 0.15) is 22.3 Å². The van der Waals surface area contributed by atoms with Crippen LogP contribution >= 0.6 is 0 Å². The molecule has 1 nitrogen and oxygen atoms in total. The molecule has 0 aliphatic rings. The van der Waals surface area contributed by atoms with E-state index >= 15 is 0 Å². The van der Waals surface area contributed by atoms with Crippen molar-refractivity contribution in [2.75, 3.05) is 0 Å². The summed E-state index contributed by atoms with van der Waals surface area (Å²) in [5.74, 6) is 0. The predicted molar refractivity (Wildman–Crippen MR) is 135 cm³/mol. The van der Waals surface area contributed by atoms with Gasteiger partial charge in [-0.15, -0.1) is 0 Å². The monoisotopic (exact) mass is 411 g/mol. The summed E-state index contributed by atoms with van der Waals surface area (Å²) in [5, 5.41) is 0. The Labute approximate surface area is 190 Å². The molecular formula is C31H25N. The first-order valence-electron chi connectivity index (χ1n) is 10.7. The van der Waals surface area contributed by atoms with Crippen LogP contribution in [-0.4, -0.2) is 4.98 Å². The zero-order valence-electron chi connectivity index (χ0n) is 17.9. The number of hydrogen-bond acceptors (Lipinski definition) is 1. The van der Waals surface area contributed by atoms with E-state index < -0.39 is 0 Å². The first-order valence-corrected chi connectivity index (χ1v) is 10.7. The largest absolute Gasteiger partial charge is 0.265 e. The lowest BCUT2D eigenvalue weighted by molar-refractivity contribution is 1.33. The van der Waals surface area contributed by atoms with E-state index in [1.165, 1.54) is 33.4 Å². The highest BCUT2D eigenvalue weighted by Gasteiger charge is 2.15. The van der Waals surface area contributed by atoms with Gasteiger partial charge in [-0.2, -0.15) is 0 Å². The van der Waals surface area contributed by atoms with Crippen molar-refractivity contribution in [3.8, 4) is 0 Å². The molecule has 154 valence electrons. The molecule has 0 saturated heterocycles. The summed E-state index contributed by atoms with van der Waals surface area (Å²) in [6.45, 7) is 0. The smallest absolute Gasteiger partial charge is 0.0267 e. The van der Waals surface area contributed by atoms with Gasteiger partial charge in [0.1, 0.15) is 0 Å². The molecule has 0 N–H and O–H groups in total. The first-order chi connectivity index (χ1) is 15.9. The molecule has 4 aromatic carbocycles. The van der Waals surface area contributed by atoms with Crippen molar-refractivity contribution in [3.63, 3.8) is 0 Å². The summed E-state index contributed by atoms with van der Waals surface area (Å²) in [7, 11) is 0. The van der Waals surface area contributed by atoms with Crippen molar-refractivity contribution >= 4 is 11.1 Å². The van der Waals surface area contributed by atoms with Gasteiger partial charge in [-0.3, -0.25) is 4.98 Å². The molecule has 0 saturated carbocycles. The van der Waals surface area contributed by atoms with Crippen LogP contribution in [0.2, 0.25) is 0 Å². The summed E-state index contributed by atoms with van der Waals surface area (Å²) < 4.78 is 0. The molecule has 0 aliphatic carbocycles. The van der Waals surface area contributed by atoms with E-state index in [1.54, 1.807) is 12.4 Å². The molecule has 1 heteroatoms. The maximum Gasteiger partial charge on any atom is 0.0267 e. The highest BCUT2D eigenvalue weighted by atomic mass is 14.6. The third-order valence-corrected chi connectivity index (χ3v) is 5.07. The summed E-state index contributed by atoms with van der Waals surface area (Å²) in [4.78, 5) is 3.78. The second kappa shape index (κ2) is 11.2. The van der Waals surface area contributed by atoms with Crippen molar-refractivity contribution in [2.45, 2.75) is 0 Å². The third kappa shape index (κ3) is 5.47. The topological polar surface area (TPSA) is 12.9 Å². The molecule has 0 unspecified atom stereocenters. The highest BCUT2D eigenvalue weighted by Crippen LogP contribution is 2.36. The number of hydrogen-bond donors (Lipinski definition) is 0. The second-order valence-electron chi connectivity index (χ2n) is 7.24. The Morgan fingerprint density at radius 3 is 0.750 bits per heavy atom. The van der Waals surface area contributed by atoms with Crippen LogP contribution < -0.4 is 0 Å². The van der Waals surface area contributed by atoms with E-state index in [9.17, 15) is 0 Å². The predicted octanol–water partition coefficient (Wildman–Crippen LogP) is 7.78. The van der Waals surface area contributed by atoms with E-state index in [4.69, 9.17) is 0 Å². The molecule has 5 aromatic rings. The van der Waals surface area contributed by atoms with Crippen LogP contribution in [0, 0.1) is 0 Å². The van der Waals surface area contributed by atoms with Gasteiger partial charge < -0.3 is 0 Å². The van der Waals surface area contributed by atoms with Crippen molar-refractivity contribution < 1.29 is 0 Å². The van der Waals surface area contributed by atoms with E-state index in [2.05, 4.69) is 126 Å². The molecule has 0 bridgehead atoms. The summed E-state index contributed by atoms with van der Waals surface area (Å²) in [6.07, 6.45) is 3.50. The number of rotatable bonds is 4. The Kier molecular flexibility index (Phi) is 7.38. The Hall–Kier alpha value is -4.23. The minimum Gasteiger partial charge on any atom is -0.265 e. The summed E-state index contributed by atoms with van der Waals surface area (Å²) in [6, 6.07) is 48.3. The lowest BCUT2D eigenvalue weighted by Crippen LogP contribution is -1.97. The standard InChI is InChI=1S/C26H20.C5H5N/c1-5-13-21(14-6-1)25(22-15-7-2-8-16-22)26(23-17-9-3-10-18-23)24-19-11-4-12-20-24;1-2-4-6-5-3-1/h1-20H;1-5H. The quantitative estimate of drug-likeness (QED) is 0.275. The number of benzene rings is 4. The van der Waals surface area contributed by atoms with Crippen LogP contribution in [0.5, 0.6) is 0 Å². The molecule has 1 aromatic heterocycles. The molecule has 5 rings (SSSR count). The normalized spacial score (nSPS) is 9.88. The van der Waals surface area contributed by atoms with E-state index in [0.717, 1.165) is 0 Å². The zero-order chi connectivity index (χ0) is 21.8. The molecule has 0 atom stereocenters. The van der Waals surface area contributed by atoms with Crippen molar-refractivity contribution in [1.29, 1.82) is 0 Å². The fraction of sp³-hybridized carbons (Fsp3) is 0. The van der Waals surface area contributed by atoms with Crippen LogP contribution in [0.15, 0.2) is 152 Å². The molecule has 32 heavy (non-hydrogen) atoms. The van der Waals surface area contributed by atoms with Gasteiger partial charge >= 0.3 is 0 Å². The van der Waals surface area contributed by atoms with Crippen LogP contribution in [0.25, 0.3) is 11.1 Å².